The van der Waals surface area contributed by atoms with E-state index < -0.39 is 0 Å². The van der Waals surface area contributed by atoms with Crippen LogP contribution >= 0.6 is 11.6 Å². The Morgan fingerprint density at radius 1 is 1.21 bits per heavy atom. The molecule has 2 aromatic carbocycles. The lowest BCUT2D eigenvalue weighted by Crippen LogP contribution is -2.34. The van der Waals surface area contributed by atoms with Gasteiger partial charge >= 0.3 is 0 Å². The number of rotatable bonds is 5. The van der Waals surface area contributed by atoms with Gasteiger partial charge in [-0.3, -0.25) is 9.89 Å². The van der Waals surface area contributed by atoms with E-state index in [-0.39, 0.29) is 5.91 Å². The van der Waals surface area contributed by atoms with Gasteiger partial charge in [-0.25, -0.2) is 0 Å². The Labute approximate surface area is 175 Å². The monoisotopic (exact) mass is 407 g/mol. The predicted molar refractivity (Wildman–Crippen MR) is 115 cm³/mol. The molecule has 1 aromatic heterocycles. The third-order valence-electron chi connectivity index (χ3n) is 5.03. The van der Waals surface area contributed by atoms with E-state index in [1.54, 1.807) is 12.3 Å². The van der Waals surface area contributed by atoms with E-state index in [1.807, 2.05) is 42.2 Å². The summed E-state index contributed by atoms with van der Waals surface area (Å²) < 4.78 is 5.49. The first-order valence-electron chi connectivity index (χ1n) is 9.67. The smallest absolute Gasteiger partial charge is 0.257 e. The molecule has 1 N–H and O–H groups in total. The largest absolute Gasteiger partial charge is 0.492 e. The van der Waals surface area contributed by atoms with Gasteiger partial charge in [-0.1, -0.05) is 48.0 Å². The fourth-order valence-corrected chi connectivity index (χ4v) is 3.77. The number of carbonyl (C=O) groups excluding carboxylic acids is 1. The van der Waals surface area contributed by atoms with Gasteiger partial charge in [0.1, 0.15) is 5.75 Å². The maximum atomic E-state index is 13.1. The molecule has 0 aliphatic carbocycles. The van der Waals surface area contributed by atoms with E-state index in [0.29, 0.717) is 41.7 Å². The van der Waals surface area contributed by atoms with Crippen molar-refractivity contribution in [3.63, 3.8) is 0 Å². The Hall–Kier alpha value is -3.05. The fraction of sp³-hybridized carbons (Fsp3) is 0.217. The summed E-state index contributed by atoms with van der Waals surface area (Å²) in [6.07, 6.45) is 4.54. The van der Waals surface area contributed by atoms with Crippen LogP contribution in [-0.4, -0.2) is 40.7 Å². The van der Waals surface area contributed by atoms with Gasteiger partial charge in [0.25, 0.3) is 5.91 Å². The highest BCUT2D eigenvalue weighted by Crippen LogP contribution is 2.32. The zero-order valence-electron chi connectivity index (χ0n) is 16.2. The molecule has 0 unspecified atom stereocenters. The van der Waals surface area contributed by atoms with Crippen LogP contribution in [-0.2, 0) is 0 Å². The zero-order valence-corrected chi connectivity index (χ0v) is 16.9. The maximum Gasteiger partial charge on any atom is 0.257 e. The SMILES string of the molecule is CCOc1ccc(-c2[nH]ncc2C(=O)N2CC=C(c3ccccc3)CC2)cc1Cl. The van der Waals surface area contributed by atoms with Crippen molar-refractivity contribution in [2.75, 3.05) is 19.7 Å². The first kappa shape index (κ1) is 19.3. The van der Waals surface area contributed by atoms with Gasteiger partial charge in [0.2, 0.25) is 0 Å². The molecule has 0 atom stereocenters. The van der Waals surface area contributed by atoms with E-state index >= 15 is 0 Å². The van der Waals surface area contributed by atoms with Crippen LogP contribution in [0.3, 0.4) is 0 Å². The molecule has 0 bridgehead atoms. The van der Waals surface area contributed by atoms with Gasteiger partial charge in [0.05, 0.1) is 29.1 Å². The van der Waals surface area contributed by atoms with Gasteiger partial charge in [-0.2, -0.15) is 5.10 Å². The second-order valence-electron chi connectivity index (χ2n) is 6.83. The van der Waals surface area contributed by atoms with Crippen molar-refractivity contribution in [2.45, 2.75) is 13.3 Å². The number of carbonyl (C=O) groups is 1. The number of amides is 1. The van der Waals surface area contributed by atoms with Crippen molar-refractivity contribution < 1.29 is 9.53 Å². The van der Waals surface area contributed by atoms with Crippen LogP contribution in [0.25, 0.3) is 16.8 Å². The Balaban J connectivity index is 1.54. The summed E-state index contributed by atoms with van der Waals surface area (Å²) >= 11 is 6.32. The summed E-state index contributed by atoms with van der Waals surface area (Å²) in [5.74, 6) is 0.585. The zero-order chi connectivity index (χ0) is 20.2. The first-order valence-corrected chi connectivity index (χ1v) is 10.0. The molecule has 0 spiro atoms. The maximum absolute atomic E-state index is 13.1. The summed E-state index contributed by atoms with van der Waals surface area (Å²) in [5.41, 5.74) is 4.50. The number of hydrogen-bond donors (Lipinski definition) is 1. The molecule has 1 amide bonds. The lowest BCUT2D eigenvalue weighted by atomic mass is 9.99. The highest BCUT2D eigenvalue weighted by Gasteiger charge is 2.23. The highest BCUT2D eigenvalue weighted by molar-refractivity contribution is 6.32. The normalized spacial score (nSPS) is 13.9. The molecule has 0 saturated heterocycles. The van der Waals surface area contributed by atoms with Crippen LogP contribution in [0, 0.1) is 0 Å². The minimum absolute atomic E-state index is 0.0397. The van der Waals surface area contributed by atoms with Crippen molar-refractivity contribution in [3.8, 4) is 17.0 Å². The van der Waals surface area contributed by atoms with Gasteiger partial charge in [0, 0.05) is 18.7 Å². The molecule has 6 heteroatoms. The summed E-state index contributed by atoms with van der Waals surface area (Å²) in [5, 5.41) is 7.55. The second kappa shape index (κ2) is 8.53. The number of ether oxygens (including phenoxy) is 1. The van der Waals surface area contributed by atoms with Crippen LogP contribution < -0.4 is 4.74 Å². The molecule has 0 saturated carbocycles. The molecule has 0 fully saturated rings. The number of halogens is 1. The minimum atomic E-state index is -0.0397. The molecule has 29 heavy (non-hydrogen) atoms. The van der Waals surface area contributed by atoms with E-state index in [9.17, 15) is 4.79 Å². The molecule has 1 aliphatic heterocycles. The molecule has 1 aliphatic rings. The average molecular weight is 408 g/mol. The van der Waals surface area contributed by atoms with Crippen molar-refractivity contribution >= 4 is 23.1 Å². The van der Waals surface area contributed by atoms with E-state index in [0.717, 1.165) is 12.0 Å². The first-order chi connectivity index (χ1) is 14.2. The van der Waals surface area contributed by atoms with Crippen LogP contribution in [0.4, 0.5) is 0 Å². The van der Waals surface area contributed by atoms with Gasteiger partial charge in [-0.15, -0.1) is 0 Å². The summed E-state index contributed by atoms with van der Waals surface area (Å²) in [6.45, 7) is 3.71. The highest BCUT2D eigenvalue weighted by atomic mass is 35.5. The third kappa shape index (κ3) is 4.05. The number of nitrogens with zero attached hydrogens (tertiary/aromatic N) is 2. The number of nitrogens with one attached hydrogen (secondary N) is 1. The van der Waals surface area contributed by atoms with Crippen molar-refractivity contribution in [3.05, 3.63) is 77.0 Å². The molecule has 3 aromatic rings. The van der Waals surface area contributed by atoms with Crippen LogP contribution in [0.5, 0.6) is 5.75 Å². The Morgan fingerprint density at radius 2 is 2.03 bits per heavy atom. The molecule has 148 valence electrons. The Bertz CT molecular complexity index is 1040. The molecule has 0 radical (unpaired) electrons. The van der Waals surface area contributed by atoms with Gasteiger partial charge < -0.3 is 9.64 Å². The number of aromatic nitrogens is 2. The lowest BCUT2D eigenvalue weighted by molar-refractivity contribution is 0.0773. The Morgan fingerprint density at radius 3 is 2.72 bits per heavy atom. The standard InChI is InChI=1S/C23H22ClN3O2/c1-2-29-21-9-8-18(14-20(21)24)22-19(15-25-26-22)23(28)27-12-10-17(11-13-27)16-6-4-3-5-7-16/h3-10,14-15H,2,11-13H2,1H3,(H,25,26). The molecule has 5 nitrogen and oxygen atoms in total. The van der Waals surface area contributed by atoms with Crippen LogP contribution in [0.1, 0.15) is 29.3 Å². The van der Waals surface area contributed by atoms with Crippen molar-refractivity contribution in [1.29, 1.82) is 0 Å². The quantitative estimate of drug-likeness (QED) is 0.643. The van der Waals surface area contributed by atoms with Gasteiger partial charge in [0.15, 0.2) is 0 Å². The van der Waals surface area contributed by atoms with E-state index in [4.69, 9.17) is 16.3 Å². The number of H-pyrrole nitrogens is 1. The number of hydrogen-bond acceptors (Lipinski definition) is 3. The van der Waals surface area contributed by atoms with Crippen LogP contribution in [0.2, 0.25) is 5.02 Å². The topological polar surface area (TPSA) is 58.2 Å². The minimum Gasteiger partial charge on any atom is -0.492 e. The summed E-state index contributed by atoms with van der Waals surface area (Å²) in [7, 11) is 0. The Kier molecular flexibility index (Phi) is 5.67. The van der Waals surface area contributed by atoms with Gasteiger partial charge in [-0.05, 0) is 42.7 Å². The van der Waals surface area contributed by atoms with Crippen LogP contribution in [0.15, 0.2) is 60.8 Å². The summed E-state index contributed by atoms with van der Waals surface area (Å²) in [6, 6.07) is 15.8. The molecular formula is C23H22ClN3O2. The number of benzene rings is 2. The predicted octanol–water partition coefficient (Wildman–Crippen LogP) is 5.06. The van der Waals surface area contributed by atoms with Crippen molar-refractivity contribution in [1.82, 2.24) is 15.1 Å². The number of aromatic amines is 1. The van der Waals surface area contributed by atoms with E-state index in [2.05, 4.69) is 28.4 Å². The third-order valence-corrected chi connectivity index (χ3v) is 5.33. The van der Waals surface area contributed by atoms with Crippen molar-refractivity contribution in [2.24, 2.45) is 0 Å². The van der Waals surface area contributed by atoms with E-state index in [1.165, 1.54) is 11.1 Å². The average Bonchev–Trinajstić information content (AvgIpc) is 3.25. The molecular weight excluding hydrogens is 386 g/mol. The second-order valence-corrected chi connectivity index (χ2v) is 7.24. The molecule has 2 heterocycles. The fourth-order valence-electron chi connectivity index (χ4n) is 3.54. The molecule has 4 rings (SSSR count). The summed E-state index contributed by atoms with van der Waals surface area (Å²) in [4.78, 5) is 15.0. The lowest BCUT2D eigenvalue weighted by Gasteiger charge is -2.26.